The van der Waals surface area contributed by atoms with E-state index in [0.29, 0.717) is 40.5 Å². The van der Waals surface area contributed by atoms with Gasteiger partial charge in [0.05, 0.1) is 10.8 Å². The normalized spacial score (nSPS) is 11.0. The van der Waals surface area contributed by atoms with Crippen molar-refractivity contribution in [2.45, 2.75) is 19.8 Å². The predicted octanol–water partition coefficient (Wildman–Crippen LogP) is 4.83. The molecule has 0 spiro atoms. The minimum absolute atomic E-state index is 0.0584. The zero-order valence-electron chi connectivity index (χ0n) is 15.0. The third-order valence-electron chi connectivity index (χ3n) is 4.66. The highest BCUT2D eigenvalue weighted by atomic mass is 16.3. The van der Waals surface area contributed by atoms with E-state index in [4.69, 9.17) is 4.42 Å². The first-order valence-electron chi connectivity index (χ1n) is 8.92. The molecule has 0 atom stereocenters. The Kier molecular flexibility index (Phi) is 4.47. The summed E-state index contributed by atoms with van der Waals surface area (Å²) in [4.78, 5) is 24.9. The van der Waals surface area contributed by atoms with Crippen molar-refractivity contribution in [2.75, 3.05) is 5.32 Å². The maximum Gasteiger partial charge on any atom is 0.224 e. The van der Waals surface area contributed by atoms with Gasteiger partial charge >= 0.3 is 0 Å². The molecule has 0 fully saturated rings. The summed E-state index contributed by atoms with van der Waals surface area (Å²) >= 11 is 0. The van der Waals surface area contributed by atoms with Gasteiger partial charge in [0.25, 0.3) is 0 Å². The number of rotatable bonds is 4. The number of anilines is 1. The third kappa shape index (κ3) is 3.47. The van der Waals surface area contributed by atoms with Crippen molar-refractivity contribution < 1.29 is 9.21 Å². The van der Waals surface area contributed by atoms with Crippen molar-refractivity contribution in [3.8, 4) is 0 Å². The Bertz CT molecular complexity index is 1190. The molecule has 3 aromatic carbocycles. The first-order chi connectivity index (χ1) is 13.1. The quantitative estimate of drug-likeness (QED) is 0.532. The summed E-state index contributed by atoms with van der Waals surface area (Å²) in [7, 11) is 0. The van der Waals surface area contributed by atoms with Crippen molar-refractivity contribution in [1.82, 2.24) is 0 Å². The topological polar surface area (TPSA) is 59.3 Å². The number of fused-ring (bicyclic) bond motifs is 2. The van der Waals surface area contributed by atoms with Gasteiger partial charge in [-0.25, -0.2) is 0 Å². The number of carbonyl (C=O) groups excluding carboxylic acids is 1. The maximum atomic E-state index is 12.7. The number of benzene rings is 3. The lowest BCUT2D eigenvalue weighted by Crippen LogP contribution is -2.12. The fourth-order valence-electron chi connectivity index (χ4n) is 3.22. The minimum Gasteiger partial charge on any atom is -0.455 e. The zero-order valence-corrected chi connectivity index (χ0v) is 15.0. The lowest BCUT2D eigenvalue weighted by Gasteiger charge is -2.08. The molecule has 1 heterocycles. The standard InChI is InChI=1S/C23H19NO3/c1-15-6-5-9-19-22(26)18-12-11-17(14-20(18)27-23(15)19)24-21(25)13-10-16-7-3-2-4-8-16/h2-9,11-12,14H,10,13H2,1H3,(H,24,25). The molecule has 1 N–H and O–H groups in total. The van der Waals surface area contributed by atoms with Gasteiger partial charge in [0, 0.05) is 18.2 Å². The first kappa shape index (κ1) is 17.0. The molecular weight excluding hydrogens is 338 g/mol. The minimum atomic E-state index is -0.0717. The molecule has 0 unspecified atom stereocenters. The fourth-order valence-corrected chi connectivity index (χ4v) is 3.22. The summed E-state index contributed by atoms with van der Waals surface area (Å²) in [5, 5.41) is 3.97. The predicted molar refractivity (Wildman–Crippen MR) is 108 cm³/mol. The average Bonchev–Trinajstić information content (AvgIpc) is 2.68. The van der Waals surface area contributed by atoms with Crippen LogP contribution in [0.3, 0.4) is 0 Å². The van der Waals surface area contributed by atoms with Gasteiger partial charge in [-0.15, -0.1) is 0 Å². The molecule has 27 heavy (non-hydrogen) atoms. The molecular formula is C23H19NO3. The molecule has 1 amide bonds. The van der Waals surface area contributed by atoms with Crippen LogP contribution in [0.1, 0.15) is 17.5 Å². The molecule has 0 aliphatic heterocycles. The molecule has 4 nitrogen and oxygen atoms in total. The second-order valence-corrected chi connectivity index (χ2v) is 6.63. The average molecular weight is 357 g/mol. The van der Waals surface area contributed by atoms with Crippen molar-refractivity contribution >= 4 is 33.5 Å². The lowest BCUT2D eigenvalue weighted by atomic mass is 10.1. The van der Waals surface area contributed by atoms with E-state index in [1.165, 1.54) is 0 Å². The van der Waals surface area contributed by atoms with Crippen LogP contribution in [-0.2, 0) is 11.2 Å². The van der Waals surface area contributed by atoms with E-state index in [9.17, 15) is 9.59 Å². The highest BCUT2D eigenvalue weighted by Crippen LogP contribution is 2.23. The Morgan fingerprint density at radius 1 is 0.963 bits per heavy atom. The van der Waals surface area contributed by atoms with Gasteiger partial charge in [0.15, 0.2) is 0 Å². The Balaban J connectivity index is 1.59. The fraction of sp³-hybridized carbons (Fsp3) is 0.130. The van der Waals surface area contributed by atoms with Crippen molar-refractivity contribution in [3.63, 3.8) is 0 Å². The van der Waals surface area contributed by atoms with E-state index in [1.807, 2.05) is 49.4 Å². The number of amides is 1. The third-order valence-corrected chi connectivity index (χ3v) is 4.66. The molecule has 0 radical (unpaired) electrons. The van der Waals surface area contributed by atoms with Crippen molar-refractivity contribution in [2.24, 2.45) is 0 Å². The molecule has 0 aliphatic rings. The smallest absolute Gasteiger partial charge is 0.224 e. The molecule has 0 saturated heterocycles. The van der Waals surface area contributed by atoms with Gasteiger partial charge in [-0.1, -0.05) is 42.5 Å². The molecule has 4 aromatic rings. The first-order valence-corrected chi connectivity index (χ1v) is 8.92. The molecule has 4 heteroatoms. The summed E-state index contributed by atoms with van der Waals surface area (Å²) in [5.41, 5.74) is 3.65. The van der Waals surface area contributed by atoms with Gasteiger partial charge < -0.3 is 9.73 Å². The van der Waals surface area contributed by atoms with Crippen molar-refractivity contribution in [1.29, 1.82) is 0 Å². The van der Waals surface area contributed by atoms with Crippen LogP contribution in [0.2, 0.25) is 0 Å². The molecule has 1 aromatic heterocycles. The molecule has 0 aliphatic carbocycles. The number of carbonyl (C=O) groups is 1. The summed E-state index contributed by atoms with van der Waals surface area (Å²) in [6.07, 6.45) is 1.07. The van der Waals surface area contributed by atoms with E-state index < -0.39 is 0 Å². The van der Waals surface area contributed by atoms with Crippen LogP contribution in [0.4, 0.5) is 5.69 Å². The van der Waals surface area contributed by atoms with Crippen molar-refractivity contribution in [3.05, 3.63) is 88.1 Å². The van der Waals surface area contributed by atoms with Crippen LogP contribution in [0.5, 0.6) is 0 Å². The molecule has 0 bridgehead atoms. The summed E-state index contributed by atoms with van der Waals surface area (Å²) in [6, 6.07) is 20.6. The highest BCUT2D eigenvalue weighted by molar-refractivity contribution is 5.96. The Labute approximate surface area is 156 Å². The van der Waals surface area contributed by atoms with Crippen LogP contribution in [0.15, 0.2) is 75.9 Å². The van der Waals surface area contributed by atoms with Gasteiger partial charge in [0.2, 0.25) is 11.3 Å². The van der Waals surface area contributed by atoms with Gasteiger partial charge in [-0.05, 0) is 42.7 Å². The number of para-hydroxylation sites is 1. The number of aryl methyl sites for hydroxylation is 2. The number of hydrogen-bond donors (Lipinski definition) is 1. The second-order valence-electron chi connectivity index (χ2n) is 6.63. The van der Waals surface area contributed by atoms with Crippen LogP contribution in [0.25, 0.3) is 21.9 Å². The Morgan fingerprint density at radius 3 is 2.59 bits per heavy atom. The lowest BCUT2D eigenvalue weighted by molar-refractivity contribution is -0.116. The summed E-state index contributed by atoms with van der Waals surface area (Å²) < 4.78 is 5.96. The Hall–Kier alpha value is -3.40. The Morgan fingerprint density at radius 2 is 1.78 bits per heavy atom. The number of hydrogen-bond acceptors (Lipinski definition) is 3. The second kappa shape index (κ2) is 7.08. The largest absolute Gasteiger partial charge is 0.455 e. The van der Waals surface area contributed by atoms with Crippen LogP contribution in [0, 0.1) is 6.92 Å². The molecule has 134 valence electrons. The van der Waals surface area contributed by atoms with E-state index in [0.717, 1.165) is 11.1 Å². The summed E-state index contributed by atoms with van der Waals surface area (Å²) in [6.45, 7) is 1.91. The van der Waals surface area contributed by atoms with Crippen LogP contribution >= 0.6 is 0 Å². The van der Waals surface area contributed by atoms with E-state index in [2.05, 4.69) is 5.32 Å². The van der Waals surface area contributed by atoms with E-state index in [1.54, 1.807) is 24.3 Å². The zero-order chi connectivity index (χ0) is 18.8. The van der Waals surface area contributed by atoms with Gasteiger partial charge in [-0.3, -0.25) is 9.59 Å². The van der Waals surface area contributed by atoms with Crippen LogP contribution in [-0.4, -0.2) is 5.91 Å². The van der Waals surface area contributed by atoms with Gasteiger partial charge in [0.1, 0.15) is 11.2 Å². The molecule has 0 saturated carbocycles. The van der Waals surface area contributed by atoms with E-state index in [-0.39, 0.29) is 11.3 Å². The van der Waals surface area contributed by atoms with Crippen LogP contribution < -0.4 is 10.7 Å². The SMILES string of the molecule is Cc1cccc2c(=O)c3ccc(NC(=O)CCc4ccccc4)cc3oc12. The maximum absolute atomic E-state index is 12.7. The number of nitrogens with one attached hydrogen (secondary N) is 1. The summed E-state index contributed by atoms with van der Waals surface area (Å²) in [5.74, 6) is -0.0717. The van der Waals surface area contributed by atoms with Gasteiger partial charge in [-0.2, -0.15) is 0 Å². The monoisotopic (exact) mass is 357 g/mol. The highest BCUT2D eigenvalue weighted by Gasteiger charge is 2.11. The van der Waals surface area contributed by atoms with E-state index >= 15 is 0 Å². The molecule has 4 rings (SSSR count).